The molecule has 1 aliphatic carbocycles. The summed E-state index contributed by atoms with van der Waals surface area (Å²) in [4.78, 5) is 2.78. The summed E-state index contributed by atoms with van der Waals surface area (Å²) in [5, 5.41) is 3.74. The fourth-order valence-corrected chi connectivity index (χ4v) is 3.81. The Labute approximate surface area is 123 Å². The van der Waals surface area contributed by atoms with Crippen molar-refractivity contribution in [3.05, 3.63) is 35.9 Å². The number of nitrogens with zero attached hydrogens (tertiary/aromatic N) is 1. The highest BCUT2D eigenvalue weighted by molar-refractivity contribution is 5.19. The molecule has 3 rings (SSSR count). The predicted octanol–water partition coefficient (Wildman–Crippen LogP) is 3.75. The molecule has 0 bridgehead atoms. The maximum atomic E-state index is 3.74. The first kappa shape index (κ1) is 14.1. The summed E-state index contributed by atoms with van der Waals surface area (Å²) in [5.41, 5.74) is 1.45. The molecular formula is C18H28N2. The molecule has 1 N–H and O–H groups in total. The lowest BCUT2D eigenvalue weighted by atomic mass is 10.0. The van der Waals surface area contributed by atoms with E-state index in [0.717, 1.165) is 12.6 Å². The van der Waals surface area contributed by atoms with Crippen LogP contribution in [0.5, 0.6) is 0 Å². The van der Waals surface area contributed by atoms with Crippen LogP contribution < -0.4 is 5.32 Å². The maximum Gasteiger partial charge on any atom is 0.0449 e. The average molecular weight is 272 g/mol. The molecule has 1 atom stereocenters. The Morgan fingerprint density at radius 1 is 0.900 bits per heavy atom. The van der Waals surface area contributed by atoms with Crippen LogP contribution in [0.2, 0.25) is 0 Å². The van der Waals surface area contributed by atoms with Gasteiger partial charge >= 0.3 is 0 Å². The summed E-state index contributed by atoms with van der Waals surface area (Å²) in [6.45, 7) is 3.62. The molecule has 0 spiro atoms. The predicted molar refractivity (Wildman–Crippen MR) is 84.9 cm³/mol. The number of hydrogen-bond donors (Lipinski definition) is 1. The summed E-state index contributed by atoms with van der Waals surface area (Å²) in [6.07, 6.45) is 9.90. The zero-order valence-electron chi connectivity index (χ0n) is 12.6. The Kier molecular flexibility index (Phi) is 5.10. The fraction of sp³-hybridized carbons (Fsp3) is 0.667. The highest BCUT2D eigenvalue weighted by Gasteiger charge is 2.25. The van der Waals surface area contributed by atoms with E-state index in [1.807, 2.05) is 0 Å². The van der Waals surface area contributed by atoms with Gasteiger partial charge in [0.1, 0.15) is 0 Å². The monoisotopic (exact) mass is 272 g/mol. The SMILES string of the molecule is c1ccc(C2CN(C3CCCCCC3)CCCN2)cc1. The molecule has 1 aromatic rings. The van der Waals surface area contributed by atoms with Crippen molar-refractivity contribution in [3.63, 3.8) is 0 Å². The Balaban J connectivity index is 1.68. The van der Waals surface area contributed by atoms with Crippen LogP contribution in [0.25, 0.3) is 0 Å². The summed E-state index contributed by atoms with van der Waals surface area (Å²) in [6, 6.07) is 12.3. The summed E-state index contributed by atoms with van der Waals surface area (Å²) >= 11 is 0. The van der Waals surface area contributed by atoms with Gasteiger partial charge in [-0.1, -0.05) is 56.0 Å². The third-order valence-corrected chi connectivity index (χ3v) is 4.97. The van der Waals surface area contributed by atoms with Crippen LogP contribution in [0.4, 0.5) is 0 Å². The minimum absolute atomic E-state index is 0.516. The third-order valence-electron chi connectivity index (χ3n) is 4.97. The van der Waals surface area contributed by atoms with E-state index in [4.69, 9.17) is 0 Å². The summed E-state index contributed by atoms with van der Waals surface area (Å²) < 4.78 is 0. The van der Waals surface area contributed by atoms with Crippen LogP contribution in [-0.2, 0) is 0 Å². The van der Waals surface area contributed by atoms with Gasteiger partial charge in [-0.15, -0.1) is 0 Å². The third kappa shape index (κ3) is 3.62. The Morgan fingerprint density at radius 2 is 1.65 bits per heavy atom. The van der Waals surface area contributed by atoms with E-state index < -0.39 is 0 Å². The smallest absolute Gasteiger partial charge is 0.0449 e. The van der Waals surface area contributed by atoms with Crippen molar-refractivity contribution in [1.82, 2.24) is 10.2 Å². The maximum absolute atomic E-state index is 3.74. The lowest BCUT2D eigenvalue weighted by Crippen LogP contribution is -2.39. The van der Waals surface area contributed by atoms with E-state index in [0.29, 0.717) is 6.04 Å². The van der Waals surface area contributed by atoms with Crippen molar-refractivity contribution in [2.24, 2.45) is 0 Å². The molecule has 1 saturated heterocycles. The van der Waals surface area contributed by atoms with Gasteiger partial charge in [0.15, 0.2) is 0 Å². The van der Waals surface area contributed by atoms with Crippen molar-refractivity contribution in [1.29, 1.82) is 0 Å². The first-order chi connectivity index (χ1) is 9.93. The largest absolute Gasteiger partial charge is 0.309 e. The topological polar surface area (TPSA) is 15.3 Å². The molecule has 1 unspecified atom stereocenters. The van der Waals surface area contributed by atoms with Gasteiger partial charge in [-0.3, -0.25) is 4.90 Å². The molecule has 2 fully saturated rings. The minimum Gasteiger partial charge on any atom is -0.309 e. The second-order valence-corrected chi connectivity index (χ2v) is 6.41. The fourth-order valence-electron chi connectivity index (χ4n) is 3.81. The second kappa shape index (κ2) is 7.24. The first-order valence-electron chi connectivity index (χ1n) is 8.46. The number of benzene rings is 1. The molecule has 110 valence electrons. The Bertz CT molecular complexity index is 382. The molecule has 1 heterocycles. The van der Waals surface area contributed by atoms with Gasteiger partial charge in [-0.25, -0.2) is 0 Å². The van der Waals surface area contributed by atoms with Gasteiger partial charge in [0, 0.05) is 18.6 Å². The van der Waals surface area contributed by atoms with Gasteiger partial charge in [-0.05, 0) is 37.9 Å². The zero-order chi connectivity index (χ0) is 13.6. The number of nitrogens with one attached hydrogen (secondary N) is 1. The van der Waals surface area contributed by atoms with Crippen LogP contribution in [0, 0.1) is 0 Å². The van der Waals surface area contributed by atoms with Crippen molar-refractivity contribution in [2.45, 2.75) is 57.0 Å². The van der Waals surface area contributed by atoms with E-state index in [-0.39, 0.29) is 0 Å². The van der Waals surface area contributed by atoms with Crippen LogP contribution in [-0.4, -0.2) is 30.6 Å². The van der Waals surface area contributed by atoms with Gasteiger partial charge in [0.2, 0.25) is 0 Å². The van der Waals surface area contributed by atoms with E-state index in [1.54, 1.807) is 0 Å². The van der Waals surface area contributed by atoms with Gasteiger partial charge in [0.25, 0.3) is 0 Å². The zero-order valence-corrected chi connectivity index (χ0v) is 12.6. The molecular weight excluding hydrogens is 244 g/mol. The Morgan fingerprint density at radius 3 is 2.40 bits per heavy atom. The molecule has 20 heavy (non-hydrogen) atoms. The lowest BCUT2D eigenvalue weighted by Gasteiger charge is -2.32. The van der Waals surface area contributed by atoms with Crippen LogP contribution in [0.3, 0.4) is 0 Å². The molecule has 1 aliphatic heterocycles. The van der Waals surface area contributed by atoms with E-state index in [9.17, 15) is 0 Å². The van der Waals surface area contributed by atoms with Gasteiger partial charge in [-0.2, -0.15) is 0 Å². The molecule has 1 aromatic carbocycles. The first-order valence-corrected chi connectivity index (χ1v) is 8.46. The number of hydrogen-bond acceptors (Lipinski definition) is 2. The van der Waals surface area contributed by atoms with E-state index >= 15 is 0 Å². The standard InChI is InChI=1S/C18H28N2/c1-2-7-12-17(11-6-1)20-14-8-13-19-18(15-20)16-9-4-3-5-10-16/h3-5,9-10,17-19H,1-2,6-8,11-15H2. The molecule has 2 heteroatoms. The van der Waals surface area contributed by atoms with Crippen LogP contribution >= 0.6 is 0 Å². The van der Waals surface area contributed by atoms with Gasteiger partial charge < -0.3 is 5.32 Å². The molecule has 2 nitrogen and oxygen atoms in total. The van der Waals surface area contributed by atoms with Crippen molar-refractivity contribution < 1.29 is 0 Å². The minimum atomic E-state index is 0.516. The summed E-state index contributed by atoms with van der Waals surface area (Å²) in [7, 11) is 0. The van der Waals surface area contributed by atoms with E-state index in [1.165, 1.54) is 63.6 Å². The quantitative estimate of drug-likeness (QED) is 0.825. The second-order valence-electron chi connectivity index (χ2n) is 6.41. The molecule has 0 aromatic heterocycles. The van der Waals surface area contributed by atoms with Crippen LogP contribution in [0.1, 0.15) is 56.6 Å². The van der Waals surface area contributed by atoms with E-state index in [2.05, 4.69) is 40.5 Å². The lowest BCUT2D eigenvalue weighted by molar-refractivity contribution is 0.176. The number of rotatable bonds is 2. The Hall–Kier alpha value is -0.860. The van der Waals surface area contributed by atoms with Crippen molar-refractivity contribution in [2.75, 3.05) is 19.6 Å². The van der Waals surface area contributed by atoms with Crippen LogP contribution in [0.15, 0.2) is 30.3 Å². The highest BCUT2D eigenvalue weighted by Crippen LogP contribution is 2.25. The molecule has 0 amide bonds. The highest BCUT2D eigenvalue weighted by atomic mass is 15.2. The molecule has 2 aliphatic rings. The average Bonchev–Trinajstić information content (AvgIpc) is 2.91. The normalized spacial score (nSPS) is 26.9. The van der Waals surface area contributed by atoms with Gasteiger partial charge in [0.05, 0.1) is 0 Å². The molecule has 1 saturated carbocycles. The van der Waals surface area contributed by atoms with Crippen molar-refractivity contribution in [3.8, 4) is 0 Å². The summed E-state index contributed by atoms with van der Waals surface area (Å²) in [5.74, 6) is 0. The van der Waals surface area contributed by atoms with Crippen molar-refractivity contribution >= 4 is 0 Å². The molecule has 0 radical (unpaired) electrons.